The number of carboxylic acids is 1. The lowest BCUT2D eigenvalue weighted by molar-refractivity contribution is -0.137. The zero-order valence-electron chi connectivity index (χ0n) is 12.8. The summed E-state index contributed by atoms with van der Waals surface area (Å²) in [6.45, 7) is 1.68. The molecule has 1 aromatic rings. The summed E-state index contributed by atoms with van der Waals surface area (Å²) < 4.78 is 0. The van der Waals surface area contributed by atoms with Crippen LogP contribution in [0.3, 0.4) is 0 Å². The van der Waals surface area contributed by atoms with Crippen molar-refractivity contribution < 1.29 is 24.3 Å². The van der Waals surface area contributed by atoms with Gasteiger partial charge in [0.2, 0.25) is 0 Å². The topological polar surface area (TPSA) is 116 Å². The average Bonchev–Trinajstić information content (AvgIpc) is 2.77. The molecule has 4 amide bonds. The molecule has 1 aliphatic rings. The Balaban J connectivity index is 2.13. The Hall–Kier alpha value is -2.90. The molecule has 1 aromatic carbocycles. The minimum absolute atomic E-state index is 0.103. The molecular weight excluding hydrogens is 302 g/mol. The highest BCUT2D eigenvalue weighted by atomic mass is 16.4. The van der Waals surface area contributed by atoms with E-state index in [1.165, 1.54) is 24.1 Å². The van der Waals surface area contributed by atoms with Gasteiger partial charge in [-0.1, -0.05) is 12.1 Å². The summed E-state index contributed by atoms with van der Waals surface area (Å²) in [5.74, 6) is -1.75. The van der Waals surface area contributed by atoms with Crippen molar-refractivity contribution in [1.29, 1.82) is 0 Å². The first-order chi connectivity index (χ1) is 10.7. The molecule has 3 N–H and O–H groups in total. The zero-order chi connectivity index (χ0) is 17.2. The van der Waals surface area contributed by atoms with E-state index in [2.05, 4.69) is 10.6 Å². The lowest BCUT2D eigenvalue weighted by Gasteiger charge is -2.22. The van der Waals surface area contributed by atoms with E-state index in [0.717, 1.165) is 0 Å². The van der Waals surface area contributed by atoms with Crippen molar-refractivity contribution in [3.8, 4) is 0 Å². The van der Waals surface area contributed by atoms with Gasteiger partial charge < -0.3 is 15.3 Å². The summed E-state index contributed by atoms with van der Waals surface area (Å²) in [5, 5.41) is 13.3. The van der Waals surface area contributed by atoms with Crippen molar-refractivity contribution in [2.45, 2.75) is 18.9 Å². The minimum Gasteiger partial charge on any atom is -0.481 e. The van der Waals surface area contributed by atoms with Crippen LogP contribution in [0.1, 0.15) is 29.3 Å². The average molecular weight is 319 g/mol. The van der Waals surface area contributed by atoms with Gasteiger partial charge in [-0.2, -0.15) is 0 Å². The summed E-state index contributed by atoms with van der Waals surface area (Å²) in [5.41, 5.74) is -0.256. The first kappa shape index (κ1) is 16.5. The predicted octanol–water partition coefficient (Wildman–Crippen LogP) is 0.288. The number of carbonyl (C=O) groups is 4. The molecule has 0 bridgehead atoms. The number of rotatable bonds is 5. The second-order valence-corrected chi connectivity index (χ2v) is 5.48. The fourth-order valence-electron chi connectivity index (χ4n) is 2.28. The van der Waals surface area contributed by atoms with Crippen LogP contribution in [0.15, 0.2) is 24.3 Å². The van der Waals surface area contributed by atoms with Gasteiger partial charge in [0.25, 0.3) is 11.8 Å². The summed E-state index contributed by atoms with van der Waals surface area (Å²) in [6.07, 6.45) is -0.134. The quantitative estimate of drug-likeness (QED) is 0.675. The van der Waals surface area contributed by atoms with Gasteiger partial charge in [0.1, 0.15) is 5.54 Å². The van der Waals surface area contributed by atoms with Gasteiger partial charge in [-0.25, -0.2) is 4.79 Å². The Labute approximate surface area is 132 Å². The van der Waals surface area contributed by atoms with E-state index in [4.69, 9.17) is 5.11 Å². The van der Waals surface area contributed by atoms with Crippen molar-refractivity contribution in [3.63, 3.8) is 0 Å². The maximum Gasteiger partial charge on any atom is 0.322 e. The zero-order valence-corrected chi connectivity index (χ0v) is 12.8. The standard InChI is InChI=1S/C15H17N3O5/c1-15(13(22)16-14(23)17-15)10-5-3-9(4-6-10)12(21)18(2)8-7-11(19)20/h3-6H,7-8H2,1-2H3,(H,19,20)(H2,16,17,22,23)/t15-/m1/s1. The summed E-state index contributed by atoms with van der Waals surface area (Å²) >= 11 is 0. The molecule has 23 heavy (non-hydrogen) atoms. The van der Waals surface area contributed by atoms with Gasteiger partial charge >= 0.3 is 12.0 Å². The van der Waals surface area contributed by atoms with Crippen LogP contribution in [0.5, 0.6) is 0 Å². The van der Waals surface area contributed by atoms with E-state index in [1.54, 1.807) is 19.1 Å². The Bertz CT molecular complexity index is 670. The maximum absolute atomic E-state index is 12.2. The van der Waals surface area contributed by atoms with Crippen LogP contribution in [-0.4, -0.2) is 47.4 Å². The van der Waals surface area contributed by atoms with Gasteiger partial charge in [0.15, 0.2) is 0 Å². The lowest BCUT2D eigenvalue weighted by Crippen LogP contribution is -2.40. The lowest BCUT2D eigenvalue weighted by atomic mass is 9.91. The third-order valence-corrected chi connectivity index (χ3v) is 3.76. The van der Waals surface area contributed by atoms with Crippen LogP contribution >= 0.6 is 0 Å². The van der Waals surface area contributed by atoms with E-state index < -0.39 is 23.4 Å². The second kappa shape index (κ2) is 6.07. The van der Waals surface area contributed by atoms with Crippen LogP contribution in [-0.2, 0) is 15.1 Å². The molecule has 1 aliphatic heterocycles. The number of nitrogens with zero attached hydrogens (tertiary/aromatic N) is 1. The van der Waals surface area contributed by atoms with Crippen LogP contribution in [0.4, 0.5) is 4.79 Å². The van der Waals surface area contributed by atoms with Crippen molar-refractivity contribution in [1.82, 2.24) is 15.5 Å². The Morgan fingerprint density at radius 2 is 1.83 bits per heavy atom. The van der Waals surface area contributed by atoms with Crippen LogP contribution in [0, 0.1) is 0 Å². The minimum atomic E-state index is -1.17. The summed E-state index contributed by atoms with van der Waals surface area (Å²) in [7, 11) is 1.52. The molecule has 0 unspecified atom stereocenters. The molecule has 1 saturated heterocycles. The van der Waals surface area contributed by atoms with Crippen molar-refractivity contribution in [3.05, 3.63) is 35.4 Å². The van der Waals surface area contributed by atoms with E-state index in [-0.39, 0.29) is 18.9 Å². The molecule has 122 valence electrons. The Morgan fingerprint density at radius 3 is 2.30 bits per heavy atom. The van der Waals surface area contributed by atoms with Gasteiger partial charge in [-0.05, 0) is 24.6 Å². The molecule has 8 heteroatoms. The fourth-order valence-corrected chi connectivity index (χ4v) is 2.28. The number of hydrogen-bond acceptors (Lipinski definition) is 4. The number of urea groups is 1. The number of hydrogen-bond donors (Lipinski definition) is 3. The molecule has 1 heterocycles. The molecule has 1 atom stereocenters. The second-order valence-electron chi connectivity index (χ2n) is 5.48. The third-order valence-electron chi connectivity index (χ3n) is 3.76. The molecule has 0 spiro atoms. The number of aliphatic carboxylic acids is 1. The van der Waals surface area contributed by atoms with Crippen LogP contribution < -0.4 is 10.6 Å². The smallest absolute Gasteiger partial charge is 0.322 e. The molecule has 1 fully saturated rings. The SMILES string of the molecule is CN(CCC(=O)O)C(=O)c1ccc([C@@]2(C)NC(=O)NC2=O)cc1. The number of benzene rings is 1. The Kier molecular flexibility index (Phi) is 4.35. The largest absolute Gasteiger partial charge is 0.481 e. The monoisotopic (exact) mass is 319 g/mol. The number of nitrogens with one attached hydrogen (secondary N) is 2. The highest BCUT2D eigenvalue weighted by molar-refractivity contribution is 6.07. The van der Waals surface area contributed by atoms with E-state index in [9.17, 15) is 19.2 Å². The normalized spacial score (nSPS) is 19.9. The first-order valence-corrected chi connectivity index (χ1v) is 6.95. The van der Waals surface area contributed by atoms with Gasteiger partial charge in [0.05, 0.1) is 6.42 Å². The number of carbonyl (C=O) groups excluding carboxylic acids is 3. The van der Waals surface area contributed by atoms with Crippen LogP contribution in [0.25, 0.3) is 0 Å². The van der Waals surface area contributed by atoms with Crippen LogP contribution in [0.2, 0.25) is 0 Å². The van der Waals surface area contributed by atoms with Gasteiger partial charge in [0, 0.05) is 19.2 Å². The molecular formula is C15H17N3O5. The number of amides is 4. The molecule has 0 saturated carbocycles. The highest BCUT2D eigenvalue weighted by Crippen LogP contribution is 2.24. The Morgan fingerprint density at radius 1 is 1.22 bits per heavy atom. The van der Waals surface area contributed by atoms with Gasteiger partial charge in [-0.15, -0.1) is 0 Å². The molecule has 0 aliphatic carbocycles. The van der Waals surface area contributed by atoms with E-state index in [0.29, 0.717) is 11.1 Å². The van der Waals surface area contributed by atoms with Crippen molar-refractivity contribution in [2.75, 3.05) is 13.6 Å². The van der Waals surface area contributed by atoms with E-state index in [1.807, 2.05) is 0 Å². The van der Waals surface area contributed by atoms with E-state index >= 15 is 0 Å². The van der Waals surface area contributed by atoms with Gasteiger partial charge in [-0.3, -0.25) is 19.7 Å². The summed E-state index contributed by atoms with van der Waals surface area (Å²) in [6, 6.07) is 5.69. The maximum atomic E-state index is 12.2. The molecule has 2 rings (SSSR count). The van der Waals surface area contributed by atoms with Crippen molar-refractivity contribution >= 4 is 23.8 Å². The predicted molar refractivity (Wildman–Crippen MR) is 79.7 cm³/mol. The number of carboxylic acid groups (broad SMARTS) is 1. The van der Waals surface area contributed by atoms with Crippen molar-refractivity contribution in [2.24, 2.45) is 0 Å². The third kappa shape index (κ3) is 3.31. The highest BCUT2D eigenvalue weighted by Gasteiger charge is 2.43. The molecule has 0 aromatic heterocycles. The molecule has 8 nitrogen and oxygen atoms in total. The molecule has 0 radical (unpaired) electrons. The summed E-state index contributed by atoms with van der Waals surface area (Å²) in [4.78, 5) is 47.2. The number of imide groups is 1. The fraction of sp³-hybridized carbons (Fsp3) is 0.333. The first-order valence-electron chi connectivity index (χ1n) is 6.95.